The molecule has 1 rings (SSSR count). The summed E-state index contributed by atoms with van der Waals surface area (Å²) < 4.78 is 0. The highest BCUT2D eigenvalue weighted by Crippen LogP contribution is 2.17. The van der Waals surface area contributed by atoms with E-state index in [-0.39, 0.29) is 12.5 Å². The van der Waals surface area contributed by atoms with Crippen LogP contribution in [0.1, 0.15) is 26.7 Å². The first-order chi connectivity index (χ1) is 6.13. The minimum absolute atomic E-state index is 0.214. The van der Waals surface area contributed by atoms with Crippen molar-refractivity contribution in [3.05, 3.63) is 0 Å². The zero-order valence-electron chi connectivity index (χ0n) is 8.49. The first-order valence-corrected chi connectivity index (χ1v) is 5.02. The molecule has 1 amide bonds. The van der Waals surface area contributed by atoms with Gasteiger partial charge in [-0.25, -0.2) is 0 Å². The lowest BCUT2D eigenvalue weighted by atomic mass is 10.1. The van der Waals surface area contributed by atoms with Crippen LogP contribution in [0.5, 0.6) is 0 Å². The fourth-order valence-electron chi connectivity index (χ4n) is 1.69. The van der Waals surface area contributed by atoms with Gasteiger partial charge in [-0.2, -0.15) is 0 Å². The second kappa shape index (κ2) is 4.61. The molecule has 3 nitrogen and oxygen atoms in total. The van der Waals surface area contributed by atoms with Gasteiger partial charge in [-0.15, -0.1) is 0 Å². The summed E-state index contributed by atoms with van der Waals surface area (Å²) in [5.41, 5.74) is 0. The molecule has 1 atom stereocenters. The number of amides is 1. The number of hydrogen-bond acceptors (Lipinski definition) is 2. The summed E-state index contributed by atoms with van der Waals surface area (Å²) in [4.78, 5) is 13.4. The normalized spacial score (nSPS) is 22.8. The number of hydrogen-bond donors (Lipinski definition) is 1. The summed E-state index contributed by atoms with van der Waals surface area (Å²) in [6.07, 6.45) is 1.60. The molecule has 0 aromatic rings. The van der Waals surface area contributed by atoms with Crippen LogP contribution in [0.3, 0.4) is 0 Å². The molecule has 13 heavy (non-hydrogen) atoms. The van der Waals surface area contributed by atoms with Crippen LogP contribution in [-0.4, -0.2) is 35.6 Å². The first kappa shape index (κ1) is 10.5. The van der Waals surface area contributed by atoms with Crippen molar-refractivity contribution in [2.45, 2.75) is 26.7 Å². The Labute approximate surface area is 79.7 Å². The van der Waals surface area contributed by atoms with Crippen LogP contribution >= 0.6 is 0 Å². The molecule has 0 aromatic heterocycles. The Morgan fingerprint density at radius 2 is 2.31 bits per heavy atom. The van der Waals surface area contributed by atoms with E-state index in [1.54, 1.807) is 0 Å². The van der Waals surface area contributed by atoms with Crippen LogP contribution in [0.4, 0.5) is 0 Å². The number of aliphatic hydroxyl groups is 1. The molecule has 0 aromatic carbocycles. The second-order valence-electron chi connectivity index (χ2n) is 4.27. The highest BCUT2D eigenvalue weighted by Gasteiger charge is 2.25. The second-order valence-corrected chi connectivity index (χ2v) is 4.27. The van der Waals surface area contributed by atoms with Crippen molar-refractivity contribution in [2.24, 2.45) is 11.8 Å². The van der Waals surface area contributed by atoms with Crippen LogP contribution in [0.2, 0.25) is 0 Å². The third kappa shape index (κ3) is 2.99. The van der Waals surface area contributed by atoms with Gasteiger partial charge in [0.15, 0.2) is 0 Å². The van der Waals surface area contributed by atoms with E-state index in [0.717, 1.165) is 19.5 Å². The number of rotatable bonds is 3. The summed E-state index contributed by atoms with van der Waals surface area (Å²) in [6, 6.07) is 0. The smallest absolute Gasteiger partial charge is 0.222 e. The number of likely N-dealkylation sites (tertiary alicyclic amines) is 1. The van der Waals surface area contributed by atoms with Gasteiger partial charge in [-0.05, 0) is 12.3 Å². The van der Waals surface area contributed by atoms with E-state index in [0.29, 0.717) is 18.3 Å². The maximum absolute atomic E-state index is 11.6. The van der Waals surface area contributed by atoms with Gasteiger partial charge < -0.3 is 10.0 Å². The highest BCUT2D eigenvalue weighted by atomic mass is 16.3. The van der Waals surface area contributed by atoms with Gasteiger partial charge in [0.2, 0.25) is 5.91 Å². The van der Waals surface area contributed by atoms with E-state index in [4.69, 9.17) is 5.11 Å². The van der Waals surface area contributed by atoms with E-state index >= 15 is 0 Å². The van der Waals surface area contributed by atoms with Gasteiger partial charge in [-0.1, -0.05) is 13.8 Å². The lowest BCUT2D eigenvalue weighted by Gasteiger charge is -2.17. The number of carbonyl (C=O) groups excluding carboxylic acids is 1. The molecule has 1 fully saturated rings. The van der Waals surface area contributed by atoms with Crippen molar-refractivity contribution in [1.29, 1.82) is 0 Å². The Balaban J connectivity index is 2.33. The summed E-state index contributed by atoms with van der Waals surface area (Å²) in [6.45, 7) is 5.90. The lowest BCUT2D eigenvalue weighted by Crippen LogP contribution is -2.29. The summed E-state index contributed by atoms with van der Waals surface area (Å²) in [5, 5.41) is 8.91. The molecule has 1 aliphatic rings. The Morgan fingerprint density at radius 3 is 2.77 bits per heavy atom. The zero-order valence-corrected chi connectivity index (χ0v) is 8.49. The predicted molar refractivity (Wildman–Crippen MR) is 51.2 cm³/mol. The van der Waals surface area contributed by atoms with Crippen LogP contribution in [0.15, 0.2) is 0 Å². The monoisotopic (exact) mass is 185 g/mol. The summed E-state index contributed by atoms with van der Waals surface area (Å²) in [7, 11) is 0. The van der Waals surface area contributed by atoms with E-state index in [9.17, 15) is 4.79 Å². The van der Waals surface area contributed by atoms with Crippen molar-refractivity contribution >= 4 is 5.91 Å². The molecular weight excluding hydrogens is 166 g/mol. The van der Waals surface area contributed by atoms with Crippen LogP contribution < -0.4 is 0 Å². The Bertz CT molecular complexity index is 180. The minimum Gasteiger partial charge on any atom is -0.396 e. The van der Waals surface area contributed by atoms with Crippen molar-refractivity contribution < 1.29 is 9.90 Å². The van der Waals surface area contributed by atoms with E-state index < -0.39 is 0 Å². The maximum Gasteiger partial charge on any atom is 0.222 e. The molecule has 76 valence electrons. The molecule has 1 unspecified atom stereocenters. The van der Waals surface area contributed by atoms with Crippen molar-refractivity contribution in [2.75, 3.05) is 19.7 Å². The van der Waals surface area contributed by atoms with E-state index in [1.807, 2.05) is 4.90 Å². The Kier molecular flexibility index (Phi) is 3.72. The molecule has 1 N–H and O–H groups in total. The molecule has 1 aliphatic heterocycles. The summed E-state index contributed by atoms with van der Waals surface area (Å²) >= 11 is 0. The van der Waals surface area contributed by atoms with Gasteiger partial charge in [0.05, 0.1) is 0 Å². The SMILES string of the molecule is CC(C)CC(=O)N1CCC(CO)C1. The maximum atomic E-state index is 11.6. The third-order valence-corrected chi connectivity index (χ3v) is 2.48. The molecule has 1 heterocycles. The average Bonchev–Trinajstić information content (AvgIpc) is 2.50. The van der Waals surface area contributed by atoms with Gasteiger partial charge in [-0.3, -0.25) is 4.79 Å². The fraction of sp³-hybridized carbons (Fsp3) is 0.900. The largest absolute Gasteiger partial charge is 0.396 e. The van der Waals surface area contributed by atoms with E-state index in [2.05, 4.69) is 13.8 Å². The molecule has 0 spiro atoms. The molecule has 0 saturated carbocycles. The van der Waals surface area contributed by atoms with Crippen LogP contribution in [0, 0.1) is 11.8 Å². The lowest BCUT2D eigenvalue weighted by molar-refractivity contribution is -0.131. The van der Waals surface area contributed by atoms with Gasteiger partial charge >= 0.3 is 0 Å². The van der Waals surface area contributed by atoms with Crippen molar-refractivity contribution in [3.8, 4) is 0 Å². The van der Waals surface area contributed by atoms with Gasteiger partial charge in [0.1, 0.15) is 0 Å². The number of carbonyl (C=O) groups is 1. The minimum atomic E-state index is 0.214. The molecule has 1 saturated heterocycles. The molecular formula is C10H19NO2. The standard InChI is InChI=1S/C10H19NO2/c1-8(2)5-10(13)11-4-3-9(6-11)7-12/h8-9,12H,3-7H2,1-2H3. The molecule has 0 bridgehead atoms. The zero-order chi connectivity index (χ0) is 9.84. The predicted octanol–water partition coefficient (Wildman–Crippen LogP) is 0.873. The Hall–Kier alpha value is -0.570. The van der Waals surface area contributed by atoms with Crippen molar-refractivity contribution in [3.63, 3.8) is 0 Å². The molecule has 0 radical (unpaired) electrons. The highest BCUT2D eigenvalue weighted by molar-refractivity contribution is 5.76. The number of aliphatic hydroxyl groups excluding tert-OH is 1. The van der Waals surface area contributed by atoms with Crippen molar-refractivity contribution in [1.82, 2.24) is 4.90 Å². The molecule has 3 heteroatoms. The van der Waals surface area contributed by atoms with Crippen LogP contribution in [0.25, 0.3) is 0 Å². The topological polar surface area (TPSA) is 40.5 Å². The third-order valence-electron chi connectivity index (χ3n) is 2.48. The fourth-order valence-corrected chi connectivity index (χ4v) is 1.69. The summed E-state index contributed by atoms with van der Waals surface area (Å²) in [5.74, 6) is 0.989. The Morgan fingerprint density at radius 1 is 1.62 bits per heavy atom. The average molecular weight is 185 g/mol. The van der Waals surface area contributed by atoms with E-state index in [1.165, 1.54) is 0 Å². The molecule has 0 aliphatic carbocycles. The number of nitrogens with zero attached hydrogens (tertiary/aromatic N) is 1. The van der Waals surface area contributed by atoms with Crippen LogP contribution in [-0.2, 0) is 4.79 Å². The quantitative estimate of drug-likeness (QED) is 0.709. The first-order valence-electron chi connectivity index (χ1n) is 5.02. The van der Waals surface area contributed by atoms with Gasteiger partial charge in [0.25, 0.3) is 0 Å². The van der Waals surface area contributed by atoms with Gasteiger partial charge in [0, 0.05) is 32.0 Å².